The Kier molecular flexibility index (Phi) is 9.07. The van der Waals surface area contributed by atoms with E-state index in [2.05, 4.69) is 10.4 Å². The number of carboxylic acid groups (broad SMARTS) is 1. The average molecular weight is 624 g/mol. The van der Waals surface area contributed by atoms with E-state index in [1.807, 2.05) is 29.2 Å². The number of aliphatic carboxylic acids is 1. The van der Waals surface area contributed by atoms with Crippen molar-refractivity contribution >= 4 is 40.8 Å². The van der Waals surface area contributed by atoms with E-state index >= 15 is 0 Å². The predicted molar refractivity (Wildman–Crippen MR) is 162 cm³/mol. The Morgan fingerprint density at radius 1 is 1.07 bits per heavy atom. The number of methoxy groups -OCH3 is 1. The van der Waals surface area contributed by atoms with Crippen LogP contribution in [0.2, 0.25) is 10.0 Å². The topological polar surface area (TPSA) is 136 Å². The molecule has 1 aliphatic heterocycles. The van der Waals surface area contributed by atoms with E-state index in [-0.39, 0.29) is 17.1 Å². The lowest BCUT2D eigenvalue weighted by Crippen LogP contribution is -2.45. The SMILES string of the molecule is COc1nc(-c2cccc(-c3cccc(NC(=O)c4ccnn(C)c4=O)c3Cl)c2Cl)ccc1CN1CCO[C@H](C(=O)O)C1. The fourth-order valence-corrected chi connectivity index (χ4v) is 5.40. The number of ether oxygens (including phenoxy) is 2. The predicted octanol–water partition coefficient (Wildman–Crippen LogP) is 4.36. The standard InChI is InChI=1S/C30H27Cl2N5O6/c1-36-29(39)21(11-12-33-36)27(38)34-23-8-4-6-19(26(23)32)18-5-3-7-20(25(18)31)22-10-9-17(28(35-22)42-2)15-37-13-14-43-24(16-37)30(40)41/h3-12,24H,13-16H2,1-2H3,(H,34,38)(H,40,41)/t24-/m0/s1. The molecule has 0 radical (unpaired) electrons. The molecule has 4 aromatic rings. The molecule has 2 N–H and O–H groups in total. The lowest BCUT2D eigenvalue weighted by Gasteiger charge is -2.31. The highest BCUT2D eigenvalue weighted by atomic mass is 35.5. The zero-order valence-corrected chi connectivity index (χ0v) is 24.7. The molecule has 0 unspecified atom stereocenters. The third-order valence-electron chi connectivity index (χ3n) is 7.01. The van der Waals surface area contributed by atoms with Crippen molar-refractivity contribution in [2.24, 2.45) is 7.05 Å². The number of anilines is 1. The number of nitrogens with one attached hydrogen (secondary N) is 1. The molecule has 2 aromatic heterocycles. The Morgan fingerprint density at radius 3 is 2.53 bits per heavy atom. The molecule has 1 aliphatic rings. The molecule has 1 atom stereocenters. The first kappa shape index (κ1) is 30.2. The van der Waals surface area contributed by atoms with Crippen LogP contribution in [0, 0.1) is 0 Å². The second-order valence-corrected chi connectivity index (χ2v) is 10.5. The lowest BCUT2D eigenvalue weighted by atomic mass is 10.00. The zero-order valence-electron chi connectivity index (χ0n) is 23.2. The van der Waals surface area contributed by atoms with Crippen molar-refractivity contribution in [2.75, 3.05) is 32.1 Å². The van der Waals surface area contributed by atoms with Crippen molar-refractivity contribution in [3.8, 4) is 28.3 Å². The van der Waals surface area contributed by atoms with Gasteiger partial charge in [-0.05, 0) is 18.2 Å². The Bertz CT molecular complexity index is 1760. The minimum Gasteiger partial charge on any atom is -0.481 e. The normalized spacial score (nSPS) is 15.2. The number of carbonyl (C=O) groups is 2. The quantitative estimate of drug-likeness (QED) is 0.293. The summed E-state index contributed by atoms with van der Waals surface area (Å²) in [5.74, 6) is -1.22. The van der Waals surface area contributed by atoms with Crippen molar-refractivity contribution in [3.05, 3.63) is 92.3 Å². The number of nitrogens with zero attached hydrogens (tertiary/aromatic N) is 4. The number of hydrogen-bond acceptors (Lipinski definition) is 8. The molecule has 43 heavy (non-hydrogen) atoms. The molecule has 1 saturated heterocycles. The van der Waals surface area contributed by atoms with Crippen LogP contribution in [-0.2, 0) is 23.1 Å². The summed E-state index contributed by atoms with van der Waals surface area (Å²) in [6, 6.07) is 15.6. The van der Waals surface area contributed by atoms with Crippen molar-refractivity contribution in [1.29, 1.82) is 0 Å². The van der Waals surface area contributed by atoms with Gasteiger partial charge in [0.1, 0.15) is 5.56 Å². The molecule has 3 heterocycles. The summed E-state index contributed by atoms with van der Waals surface area (Å²) in [7, 11) is 2.98. The van der Waals surface area contributed by atoms with Gasteiger partial charge in [0.15, 0.2) is 6.10 Å². The smallest absolute Gasteiger partial charge is 0.334 e. The number of halogens is 2. The maximum Gasteiger partial charge on any atom is 0.334 e. The van der Waals surface area contributed by atoms with E-state index in [0.29, 0.717) is 58.7 Å². The molecule has 0 bridgehead atoms. The monoisotopic (exact) mass is 623 g/mol. The number of hydrogen-bond donors (Lipinski definition) is 2. The molecule has 1 fully saturated rings. The van der Waals surface area contributed by atoms with Crippen molar-refractivity contribution in [2.45, 2.75) is 12.6 Å². The van der Waals surface area contributed by atoms with Crippen molar-refractivity contribution in [1.82, 2.24) is 19.7 Å². The van der Waals surface area contributed by atoms with Crippen LogP contribution in [0.1, 0.15) is 15.9 Å². The number of amides is 1. The van der Waals surface area contributed by atoms with Crippen LogP contribution in [0.25, 0.3) is 22.4 Å². The number of pyridine rings is 1. The highest BCUT2D eigenvalue weighted by molar-refractivity contribution is 6.39. The molecule has 2 aromatic carbocycles. The molecule has 13 heteroatoms. The van der Waals surface area contributed by atoms with Crippen LogP contribution >= 0.6 is 23.2 Å². The second-order valence-electron chi connectivity index (χ2n) is 9.76. The number of rotatable bonds is 8. The molecule has 0 aliphatic carbocycles. The van der Waals surface area contributed by atoms with Crippen LogP contribution in [0.5, 0.6) is 5.88 Å². The average Bonchev–Trinajstić information content (AvgIpc) is 3.00. The van der Waals surface area contributed by atoms with Gasteiger partial charge in [-0.2, -0.15) is 5.10 Å². The van der Waals surface area contributed by atoms with Gasteiger partial charge in [0.05, 0.1) is 35.1 Å². The largest absolute Gasteiger partial charge is 0.481 e. The van der Waals surface area contributed by atoms with Crippen LogP contribution in [0.15, 0.2) is 65.6 Å². The van der Waals surface area contributed by atoms with Crippen LogP contribution < -0.4 is 15.6 Å². The Hall–Kier alpha value is -4.29. The highest BCUT2D eigenvalue weighted by Gasteiger charge is 2.27. The second kappa shape index (κ2) is 12.9. The first-order valence-electron chi connectivity index (χ1n) is 13.2. The summed E-state index contributed by atoms with van der Waals surface area (Å²) in [6.07, 6.45) is 0.488. The maximum absolute atomic E-state index is 12.9. The summed E-state index contributed by atoms with van der Waals surface area (Å²) >= 11 is 13.7. The van der Waals surface area contributed by atoms with Gasteiger partial charge in [-0.3, -0.25) is 14.5 Å². The van der Waals surface area contributed by atoms with Crippen LogP contribution in [0.4, 0.5) is 5.69 Å². The molecule has 11 nitrogen and oxygen atoms in total. The van der Waals surface area contributed by atoms with Gasteiger partial charge in [-0.25, -0.2) is 14.5 Å². The molecule has 0 spiro atoms. The van der Waals surface area contributed by atoms with E-state index in [1.165, 1.54) is 26.4 Å². The van der Waals surface area contributed by atoms with Gasteiger partial charge >= 0.3 is 5.97 Å². The number of aromatic nitrogens is 3. The fourth-order valence-electron chi connectivity index (χ4n) is 4.80. The summed E-state index contributed by atoms with van der Waals surface area (Å²) in [6.45, 7) is 1.61. The Labute approximate surface area is 256 Å². The summed E-state index contributed by atoms with van der Waals surface area (Å²) in [5.41, 5.74) is 2.86. The first-order valence-corrected chi connectivity index (χ1v) is 14.0. The molecule has 222 valence electrons. The summed E-state index contributed by atoms with van der Waals surface area (Å²) in [4.78, 5) is 43.2. The number of benzene rings is 2. The van der Waals surface area contributed by atoms with E-state index in [4.69, 9.17) is 37.7 Å². The van der Waals surface area contributed by atoms with E-state index in [0.717, 1.165) is 10.2 Å². The van der Waals surface area contributed by atoms with Gasteiger partial charge in [0.25, 0.3) is 11.5 Å². The zero-order chi connectivity index (χ0) is 30.7. The fraction of sp³-hybridized carbons (Fsp3) is 0.233. The lowest BCUT2D eigenvalue weighted by molar-refractivity contribution is -0.156. The van der Waals surface area contributed by atoms with Gasteiger partial charge < -0.3 is 19.9 Å². The minimum atomic E-state index is -0.993. The molecular weight excluding hydrogens is 597 g/mol. The Morgan fingerprint density at radius 2 is 1.79 bits per heavy atom. The first-order chi connectivity index (χ1) is 20.7. The van der Waals surface area contributed by atoms with Gasteiger partial charge in [-0.15, -0.1) is 0 Å². The van der Waals surface area contributed by atoms with E-state index < -0.39 is 23.5 Å². The minimum absolute atomic E-state index is 0.0715. The Balaban J connectivity index is 1.42. The molecule has 1 amide bonds. The van der Waals surface area contributed by atoms with Gasteiger partial charge in [0.2, 0.25) is 5.88 Å². The molecule has 0 saturated carbocycles. The van der Waals surface area contributed by atoms with Crippen LogP contribution in [-0.4, -0.2) is 69.6 Å². The van der Waals surface area contributed by atoms with Gasteiger partial charge in [-0.1, -0.05) is 59.6 Å². The number of carbonyl (C=O) groups excluding carboxylic acids is 1. The van der Waals surface area contributed by atoms with Crippen LogP contribution in [0.3, 0.4) is 0 Å². The third kappa shape index (κ3) is 6.40. The van der Waals surface area contributed by atoms with Gasteiger partial charge in [0, 0.05) is 55.1 Å². The number of carboxylic acids is 1. The van der Waals surface area contributed by atoms with E-state index in [1.54, 1.807) is 24.3 Å². The molecular formula is C30H27Cl2N5O6. The number of morpholine rings is 1. The highest BCUT2D eigenvalue weighted by Crippen LogP contribution is 2.41. The van der Waals surface area contributed by atoms with E-state index in [9.17, 15) is 19.5 Å². The maximum atomic E-state index is 12.9. The van der Waals surface area contributed by atoms with Crippen molar-refractivity contribution < 1.29 is 24.2 Å². The molecule has 5 rings (SSSR count). The summed E-state index contributed by atoms with van der Waals surface area (Å²) in [5, 5.41) is 16.5. The number of aryl methyl sites for hydroxylation is 1. The van der Waals surface area contributed by atoms with Crippen molar-refractivity contribution in [3.63, 3.8) is 0 Å². The summed E-state index contributed by atoms with van der Waals surface area (Å²) < 4.78 is 12.0. The third-order valence-corrected chi connectivity index (χ3v) is 7.83.